The third kappa shape index (κ3) is 3.57. The first-order valence-electron chi connectivity index (χ1n) is 8.41. The Balaban J connectivity index is 1.78. The number of thiocarbonyl (C=S) groups is 1. The molecule has 140 valence electrons. The predicted octanol–water partition coefficient (Wildman–Crippen LogP) is 3.68. The highest BCUT2D eigenvalue weighted by atomic mass is 32.2. The van der Waals surface area contributed by atoms with Gasteiger partial charge in [-0.15, -0.1) is 0 Å². The molecule has 1 amide bonds. The number of amides is 1. The van der Waals surface area contributed by atoms with E-state index < -0.39 is 12.5 Å². The number of allylic oxidation sites excluding steroid dienone is 5. The van der Waals surface area contributed by atoms with Crippen LogP contribution in [-0.2, 0) is 15.0 Å². The molecule has 27 heavy (non-hydrogen) atoms. The molecule has 2 aliphatic heterocycles. The number of aliphatic carboxylic acids is 1. The van der Waals surface area contributed by atoms with E-state index in [1.54, 1.807) is 12.2 Å². The summed E-state index contributed by atoms with van der Waals surface area (Å²) in [5.74, 6) is -1.45. The summed E-state index contributed by atoms with van der Waals surface area (Å²) < 4.78 is 0.271. The molecule has 3 rings (SSSR count). The summed E-state index contributed by atoms with van der Waals surface area (Å²) in [6.45, 7) is 3.96. The first-order chi connectivity index (χ1) is 12.7. The Morgan fingerprint density at radius 1 is 1.26 bits per heavy atom. The number of benzene rings is 1. The van der Waals surface area contributed by atoms with Crippen LogP contribution < -0.4 is 4.90 Å². The van der Waals surface area contributed by atoms with E-state index in [4.69, 9.17) is 17.3 Å². The van der Waals surface area contributed by atoms with E-state index in [0.717, 1.165) is 22.4 Å². The van der Waals surface area contributed by atoms with Gasteiger partial charge in [0.25, 0.3) is 5.91 Å². The molecule has 2 heterocycles. The smallest absolute Gasteiger partial charge is 0.323 e. The van der Waals surface area contributed by atoms with Gasteiger partial charge in [0.15, 0.2) is 0 Å². The summed E-state index contributed by atoms with van der Waals surface area (Å²) in [6.07, 6.45) is 7.39. The van der Waals surface area contributed by atoms with Crippen LogP contribution >= 0.6 is 24.0 Å². The summed E-state index contributed by atoms with van der Waals surface area (Å²) in [6, 6.07) is 8.33. The van der Waals surface area contributed by atoms with E-state index in [1.807, 2.05) is 31.3 Å². The van der Waals surface area contributed by atoms with Gasteiger partial charge in [-0.1, -0.05) is 68.2 Å². The fourth-order valence-corrected chi connectivity index (χ4v) is 4.58. The third-order valence-electron chi connectivity index (χ3n) is 4.72. The largest absolute Gasteiger partial charge is 0.480 e. The van der Waals surface area contributed by atoms with Gasteiger partial charge in [-0.2, -0.15) is 0 Å². The number of hydrogen-bond donors (Lipinski definition) is 1. The lowest BCUT2D eigenvalue weighted by Crippen LogP contribution is -2.33. The number of para-hydroxylation sites is 1. The number of fused-ring (bicyclic) bond motifs is 1. The number of anilines is 1. The minimum Gasteiger partial charge on any atom is -0.480 e. The number of nitrogens with zero attached hydrogens (tertiary/aromatic N) is 2. The Bertz CT molecular complexity index is 916. The Morgan fingerprint density at radius 3 is 2.59 bits per heavy atom. The molecule has 0 aromatic heterocycles. The van der Waals surface area contributed by atoms with Gasteiger partial charge >= 0.3 is 5.97 Å². The molecule has 1 N–H and O–H groups in total. The quantitative estimate of drug-likeness (QED) is 0.615. The second kappa shape index (κ2) is 7.32. The van der Waals surface area contributed by atoms with Crippen molar-refractivity contribution in [1.29, 1.82) is 0 Å². The van der Waals surface area contributed by atoms with Crippen molar-refractivity contribution in [1.82, 2.24) is 4.90 Å². The standard InChI is InChI=1S/C20H20N2O3S2/c1-20(2)13-8-4-5-9-14(13)21(3)16(20)11-7-6-10-15-18(25)22(12-17(23)24)19(26)27-15/h4-11H,12H2,1-3H3,(H,23,24). The molecule has 0 atom stereocenters. The van der Waals surface area contributed by atoms with Crippen LogP contribution in [0.1, 0.15) is 19.4 Å². The van der Waals surface area contributed by atoms with Crippen LogP contribution in [0.25, 0.3) is 0 Å². The minimum absolute atomic E-state index is 0.111. The number of carbonyl (C=O) groups is 2. The highest BCUT2D eigenvalue weighted by molar-refractivity contribution is 8.26. The van der Waals surface area contributed by atoms with Crippen molar-refractivity contribution >= 4 is 45.9 Å². The van der Waals surface area contributed by atoms with Crippen molar-refractivity contribution in [2.75, 3.05) is 18.5 Å². The SMILES string of the molecule is CN1C(=CC=CC=C2SC(=S)N(CC(=O)O)C2=O)C(C)(C)c2ccccc21. The maximum atomic E-state index is 12.2. The summed E-state index contributed by atoms with van der Waals surface area (Å²) in [5, 5.41) is 8.87. The first-order valence-corrected chi connectivity index (χ1v) is 9.64. The maximum absolute atomic E-state index is 12.2. The Hall–Kier alpha value is -2.38. The molecule has 5 nitrogen and oxygen atoms in total. The van der Waals surface area contributed by atoms with Crippen molar-refractivity contribution in [3.8, 4) is 0 Å². The minimum atomic E-state index is -1.08. The molecule has 7 heteroatoms. The summed E-state index contributed by atoms with van der Waals surface area (Å²) in [7, 11) is 2.05. The molecule has 1 aromatic carbocycles. The number of carbonyl (C=O) groups excluding carboxylic acids is 1. The van der Waals surface area contributed by atoms with Gasteiger partial charge in [0, 0.05) is 23.8 Å². The number of thioether (sulfide) groups is 1. The van der Waals surface area contributed by atoms with E-state index in [0.29, 0.717) is 4.91 Å². The predicted molar refractivity (Wildman–Crippen MR) is 113 cm³/mol. The highest BCUT2D eigenvalue weighted by Gasteiger charge is 2.37. The zero-order valence-electron chi connectivity index (χ0n) is 15.3. The molecule has 0 bridgehead atoms. The van der Waals surface area contributed by atoms with Gasteiger partial charge < -0.3 is 10.0 Å². The second-order valence-corrected chi connectivity index (χ2v) is 8.50. The summed E-state index contributed by atoms with van der Waals surface area (Å²) in [4.78, 5) is 26.8. The fraction of sp³-hybridized carbons (Fsp3) is 0.250. The molecular weight excluding hydrogens is 380 g/mol. The van der Waals surface area contributed by atoms with Crippen LogP contribution in [0.15, 0.2) is 59.2 Å². The zero-order chi connectivity index (χ0) is 19.8. The van der Waals surface area contributed by atoms with Crippen molar-refractivity contribution in [2.24, 2.45) is 0 Å². The molecule has 1 aromatic rings. The van der Waals surface area contributed by atoms with Gasteiger partial charge in [-0.05, 0) is 23.8 Å². The third-order valence-corrected chi connectivity index (χ3v) is 6.12. The van der Waals surface area contributed by atoms with Gasteiger partial charge in [0.1, 0.15) is 10.9 Å². The number of carboxylic acid groups (broad SMARTS) is 1. The van der Waals surface area contributed by atoms with Gasteiger partial charge in [0.05, 0.1) is 4.91 Å². The fourth-order valence-electron chi connectivity index (χ4n) is 3.38. The lowest BCUT2D eigenvalue weighted by Gasteiger charge is -2.23. The van der Waals surface area contributed by atoms with Crippen molar-refractivity contribution in [3.05, 3.63) is 64.7 Å². The topological polar surface area (TPSA) is 60.9 Å². The van der Waals surface area contributed by atoms with E-state index in [1.165, 1.54) is 11.3 Å². The molecular formula is C20H20N2O3S2. The number of carboxylic acids is 1. The number of likely N-dealkylation sites (N-methyl/N-ethyl adjacent to an activating group) is 1. The Kier molecular flexibility index (Phi) is 5.26. The van der Waals surface area contributed by atoms with Crippen LogP contribution in [0.4, 0.5) is 5.69 Å². The number of hydrogen-bond acceptors (Lipinski definition) is 5. The molecule has 2 aliphatic rings. The first kappa shape index (κ1) is 19.4. The average Bonchev–Trinajstić information content (AvgIpc) is 2.98. The summed E-state index contributed by atoms with van der Waals surface area (Å²) >= 11 is 6.21. The van der Waals surface area contributed by atoms with E-state index >= 15 is 0 Å². The highest BCUT2D eigenvalue weighted by Crippen LogP contribution is 2.46. The lowest BCUT2D eigenvalue weighted by atomic mass is 9.84. The van der Waals surface area contributed by atoms with Gasteiger partial charge in [-0.25, -0.2) is 0 Å². The molecule has 0 unspecified atom stereocenters. The Labute approximate surface area is 168 Å². The van der Waals surface area contributed by atoms with Crippen LogP contribution in [0.5, 0.6) is 0 Å². The lowest BCUT2D eigenvalue weighted by molar-refractivity contribution is -0.140. The molecule has 1 fully saturated rings. The van der Waals surface area contributed by atoms with Crippen molar-refractivity contribution < 1.29 is 14.7 Å². The number of rotatable bonds is 4. The van der Waals surface area contributed by atoms with E-state index in [-0.39, 0.29) is 15.6 Å². The van der Waals surface area contributed by atoms with E-state index in [2.05, 4.69) is 30.9 Å². The normalized spacial score (nSPS) is 21.7. The van der Waals surface area contributed by atoms with Crippen molar-refractivity contribution in [3.63, 3.8) is 0 Å². The van der Waals surface area contributed by atoms with Gasteiger partial charge in [-0.3, -0.25) is 14.5 Å². The zero-order valence-corrected chi connectivity index (χ0v) is 16.9. The molecule has 0 aliphatic carbocycles. The Morgan fingerprint density at radius 2 is 1.93 bits per heavy atom. The maximum Gasteiger partial charge on any atom is 0.323 e. The molecule has 1 saturated heterocycles. The molecule has 0 spiro atoms. The second-order valence-electron chi connectivity index (χ2n) is 6.82. The van der Waals surface area contributed by atoms with Crippen LogP contribution in [-0.4, -0.2) is 39.8 Å². The molecule has 0 saturated carbocycles. The van der Waals surface area contributed by atoms with E-state index in [9.17, 15) is 9.59 Å². The average molecular weight is 401 g/mol. The monoisotopic (exact) mass is 400 g/mol. The summed E-state index contributed by atoms with van der Waals surface area (Å²) in [5.41, 5.74) is 3.52. The van der Waals surface area contributed by atoms with Crippen LogP contribution in [0, 0.1) is 0 Å². The van der Waals surface area contributed by atoms with Crippen LogP contribution in [0.2, 0.25) is 0 Å². The molecule has 0 radical (unpaired) electrons. The van der Waals surface area contributed by atoms with Crippen molar-refractivity contribution in [2.45, 2.75) is 19.3 Å². The van der Waals surface area contributed by atoms with Gasteiger partial charge in [0.2, 0.25) is 0 Å². The van der Waals surface area contributed by atoms with Crippen LogP contribution in [0.3, 0.4) is 0 Å².